The van der Waals surface area contributed by atoms with E-state index in [1.165, 1.54) is 40.5 Å². The first-order valence-corrected chi connectivity index (χ1v) is 12.4. The first kappa shape index (κ1) is 23.7. The number of hydrogen-bond acceptors (Lipinski definition) is 6. The third-order valence-corrected chi connectivity index (χ3v) is 6.99. The fourth-order valence-electron chi connectivity index (χ4n) is 4.20. The van der Waals surface area contributed by atoms with Gasteiger partial charge in [0, 0.05) is 5.56 Å². The summed E-state index contributed by atoms with van der Waals surface area (Å²) in [6.07, 6.45) is 0.858. The standard InChI is InChI=1S/C28H23FN2O4S/c1-3-14-35-20-11-7-17(8-12-20)24-23(25(32)18-5-9-19(29)10-6-18)26(33)27(34)31(24)28-30-21-13-4-16(2)15-22(21)36-28/h4-13,15,24,32H,3,14H2,1-2H3/t24-/m1/s1. The lowest BCUT2D eigenvalue weighted by atomic mass is 9.95. The van der Waals surface area contributed by atoms with Crippen LogP contribution < -0.4 is 9.64 Å². The second-order valence-corrected chi connectivity index (χ2v) is 9.57. The van der Waals surface area contributed by atoms with Crippen molar-refractivity contribution < 1.29 is 23.8 Å². The van der Waals surface area contributed by atoms with E-state index in [4.69, 9.17) is 4.74 Å². The summed E-state index contributed by atoms with van der Waals surface area (Å²) < 4.78 is 20.1. The molecular weight excluding hydrogens is 479 g/mol. The molecule has 1 saturated heterocycles. The fraction of sp³-hybridized carbons (Fsp3) is 0.179. The van der Waals surface area contributed by atoms with Gasteiger partial charge in [0.05, 0.1) is 28.4 Å². The minimum Gasteiger partial charge on any atom is -0.507 e. The molecule has 0 bridgehead atoms. The van der Waals surface area contributed by atoms with Gasteiger partial charge in [-0.05, 0) is 73.0 Å². The topological polar surface area (TPSA) is 79.7 Å². The van der Waals surface area contributed by atoms with E-state index < -0.39 is 23.5 Å². The largest absolute Gasteiger partial charge is 0.507 e. The van der Waals surface area contributed by atoms with Crippen LogP contribution in [0.3, 0.4) is 0 Å². The van der Waals surface area contributed by atoms with E-state index in [-0.39, 0.29) is 16.9 Å². The van der Waals surface area contributed by atoms with Gasteiger partial charge in [-0.3, -0.25) is 14.5 Å². The van der Waals surface area contributed by atoms with Crippen molar-refractivity contribution in [3.05, 3.63) is 94.8 Å². The van der Waals surface area contributed by atoms with Gasteiger partial charge in [0.1, 0.15) is 17.3 Å². The number of ether oxygens (including phenoxy) is 1. The lowest BCUT2D eigenvalue weighted by Crippen LogP contribution is -2.29. The molecule has 1 atom stereocenters. The number of amides is 1. The minimum absolute atomic E-state index is 0.0794. The number of aryl methyl sites for hydroxylation is 1. The maximum absolute atomic E-state index is 13.5. The summed E-state index contributed by atoms with van der Waals surface area (Å²) in [4.78, 5) is 32.6. The molecular formula is C28H23FN2O4S. The normalized spacial score (nSPS) is 17.2. The zero-order valence-electron chi connectivity index (χ0n) is 19.7. The van der Waals surface area contributed by atoms with Crippen molar-refractivity contribution in [1.29, 1.82) is 0 Å². The summed E-state index contributed by atoms with van der Waals surface area (Å²) in [6, 6.07) is 17.1. The number of benzene rings is 3. The summed E-state index contributed by atoms with van der Waals surface area (Å²) in [6.45, 7) is 4.54. The third kappa shape index (κ3) is 4.24. The number of ketones is 1. The number of aromatic nitrogens is 1. The van der Waals surface area contributed by atoms with Crippen LogP contribution in [0.25, 0.3) is 16.0 Å². The number of carbonyl (C=O) groups is 2. The van der Waals surface area contributed by atoms with E-state index in [0.717, 1.165) is 16.7 Å². The molecule has 2 heterocycles. The van der Waals surface area contributed by atoms with Crippen LogP contribution >= 0.6 is 11.3 Å². The van der Waals surface area contributed by atoms with Crippen LogP contribution in [0, 0.1) is 12.7 Å². The van der Waals surface area contributed by atoms with Crippen molar-refractivity contribution in [2.24, 2.45) is 0 Å². The molecule has 0 unspecified atom stereocenters. The number of hydrogen-bond donors (Lipinski definition) is 1. The highest BCUT2D eigenvalue weighted by molar-refractivity contribution is 7.22. The highest BCUT2D eigenvalue weighted by Crippen LogP contribution is 2.44. The number of fused-ring (bicyclic) bond motifs is 1. The molecule has 0 aliphatic carbocycles. The number of Topliss-reactive ketones (excluding diaryl/α,β-unsaturated/α-hetero) is 1. The number of thiazole rings is 1. The molecule has 0 saturated carbocycles. The van der Waals surface area contributed by atoms with Gasteiger partial charge in [0.25, 0.3) is 5.78 Å². The number of carbonyl (C=O) groups excluding carboxylic acids is 2. The molecule has 1 amide bonds. The van der Waals surface area contributed by atoms with Gasteiger partial charge in [-0.25, -0.2) is 9.37 Å². The van der Waals surface area contributed by atoms with E-state index in [0.29, 0.717) is 28.6 Å². The Kier molecular flexibility index (Phi) is 6.28. The zero-order valence-corrected chi connectivity index (χ0v) is 20.5. The minimum atomic E-state index is -0.920. The molecule has 1 N–H and O–H groups in total. The summed E-state index contributed by atoms with van der Waals surface area (Å²) >= 11 is 1.30. The van der Waals surface area contributed by atoms with Crippen LogP contribution in [-0.4, -0.2) is 28.4 Å². The van der Waals surface area contributed by atoms with Gasteiger partial charge < -0.3 is 9.84 Å². The average molecular weight is 503 g/mol. The average Bonchev–Trinajstić information content (AvgIpc) is 3.40. The Labute approximate surface area is 211 Å². The highest BCUT2D eigenvalue weighted by atomic mass is 32.1. The molecule has 6 nitrogen and oxygen atoms in total. The van der Waals surface area contributed by atoms with Gasteiger partial charge in [-0.15, -0.1) is 0 Å². The molecule has 3 aromatic carbocycles. The summed E-state index contributed by atoms with van der Waals surface area (Å²) in [7, 11) is 0. The van der Waals surface area contributed by atoms with Crippen LogP contribution in [0.1, 0.15) is 36.1 Å². The van der Waals surface area contributed by atoms with E-state index in [2.05, 4.69) is 4.98 Å². The first-order chi connectivity index (χ1) is 17.4. The van der Waals surface area contributed by atoms with E-state index >= 15 is 0 Å². The number of anilines is 1. The molecule has 1 aliphatic rings. The Morgan fingerprint density at radius 3 is 2.50 bits per heavy atom. The van der Waals surface area contributed by atoms with Crippen LogP contribution in [0.5, 0.6) is 5.75 Å². The first-order valence-electron chi connectivity index (χ1n) is 11.5. The number of nitrogens with zero attached hydrogens (tertiary/aromatic N) is 2. The van der Waals surface area contributed by atoms with Crippen LogP contribution in [0.2, 0.25) is 0 Å². The fourth-order valence-corrected chi connectivity index (χ4v) is 5.29. The second-order valence-electron chi connectivity index (χ2n) is 8.56. The van der Waals surface area contributed by atoms with Gasteiger partial charge in [0.15, 0.2) is 5.13 Å². The van der Waals surface area contributed by atoms with Crippen molar-refractivity contribution in [1.82, 2.24) is 4.98 Å². The summed E-state index contributed by atoms with van der Waals surface area (Å²) in [5, 5.41) is 11.5. The smallest absolute Gasteiger partial charge is 0.301 e. The Balaban J connectivity index is 1.67. The Hall–Kier alpha value is -4.04. The number of aliphatic hydroxyl groups is 1. The molecule has 182 valence electrons. The summed E-state index contributed by atoms with van der Waals surface area (Å²) in [5.74, 6) is -1.80. The predicted octanol–water partition coefficient (Wildman–Crippen LogP) is 6.16. The Morgan fingerprint density at radius 2 is 1.81 bits per heavy atom. The quantitative estimate of drug-likeness (QED) is 0.194. The van der Waals surface area contributed by atoms with Crippen molar-refractivity contribution >= 4 is 44.1 Å². The van der Waals surface area contributed by atoms with Crippen LogP contribution in [0.4, 0.5) is 9.52 Å². The van der Waals surface area contributed by atoms with Gasteiger partial charge in [-0.2, -0.15) is 0 Å². The lowest BCUT2D eigenvalue weighted by Gasteiger charge is -2.23. The molecule has 0 radical (unpaired) electrons. The maximum atomic E-state index is 13.5. The molecule has 0 spiro atoms. The molecule has 5 rings (SSSR count). The van der Waals surface area contributed by atoms with Gasteiger partial charge in [-0.1, -0.05) is 36.5 Å². The van der Waals surface area contributed by atoms with Crippen molar-refractivity contribution in [2.75, 3.05) is 11.5 Å². The van der Waals surface area contributed by atoms with E-state index in [1.807, 2.05) is 32.0 Å². The van der Waals surface area contributed by atoms with Gasteiger partial charge in [0.2, 0.25) is 0 Å². The van der Waals surface area contributed by atoms with Crippen LogP contribution in [0.15, 0.2) is 72.3 Å². The zero-order chi connectivity index (χ0) is 25.4. The Morgan fingerprint density at radius 1 is 1.08 bits per heavy atom. The number of rotatable bonds is 6. The van der Waals surface area contributed by atoms with E-state index in [9.17, 15) is 19.1 Å². The molecule has 8 heteroatoms. The third-order valence-electron chi connectivity index (χ3n) is 5.97. The van der Waals surface area contributed by atoms with Crippen LogP contribution in [-0.2, 0) is 9.59 Å². The molecule has 1 aliphatic heterocycles. The monoisotopic (exact) mass is 502 g/mol. The number of halogens is 1. The molecule has 1 fully saturated rings. The Bertz CT molecular complexity index is 1490. The SMILES string of the molecule is CCCOc1ccc([C@@H]2C(=C(O)c3ccc(F)cc3)C(=O)C(=O)N2c2nc3ccc(C)cc3s2)cc1. The highest BCUT2D eigenvalue weighted by Gasteiger charge is 2.48. The second kappa shape index (κ2) is 9.54. The van der Waals surface area contributed by atoms with Crippen molar-refractivity contribution in [3.8, 4) is 5.75 Å². The van der Waals surface area contributed by atoms with Gasteiger partial charge >= 0.3 is 5.91 Å². The lowest BCUT2D eigenvalue weighted by molar-refractivity contribution is -0.132. The van der Waals surface area contributed by atoms with Crippen molar-refractivity contribution in [3.63, 3.8) is 0 Å². The predicted molar refractivity (Wildman–Crippen MR) is 138 cm³/mol. The molecule has 36 heavy (non-hydrogen) atoms. The van der Waals surface area contributed by atoms with E-state index in [1.54, 1.807) is 24.3 Å². The molecule has 1 aromatic heterocycles. The number of aliphatic hydroxyl groups excluding tert-OH is 1. The maximum Gasteiger partial charge on any atom is 0.301 e. The van der Waals surface area contributed by atoms with Crippen molar-refractivity contribution in [2.45, 2.75) is 26.3 Å². The molecule has 4 aromatic rings. The summed E-state index contributed by atoms with van der Waals surface area (Å²) in [5.41, 5.74) is 2.53.